The third-order valence-electron chi connectivity index (χ3n) is 6.04. The quantitative estimate of drug-likeness (QED) is 0.781. The molecule has 2 aliphatic rings. The van der Waals surface area contributed by atoms with E-state index in [1.54, 1.807) is 0 Å². The lowest BCUT2D eigenvalue weighted by Crippen LogP contribution is -2.34. The summed E-state index contributed by atoms with van der Waals surface area (Å²) in [5.41, 5.74) is 4.37. The summed E-state index contributed by atoms with van der Waals surface area (Å²) in [7, 11) is 2.30. The van der Waals surface area contributed by atoms with Crippen LogP contribution in [-0.2, 0) is 13.1 Å². The van der Waals surface area contributed by atoms with E-state index in [9.17, 15) is 0 Å². The van der Waals surface area contributed by atoms with Gasteiger partial charge in [-0.2, -0.15) is 0 Å². The zero-order valence-electron chi connectivity index (χ0n) is 16.0. The Balaban J connectivity index is 1.38. The highest BCUT2D eigenvalue weighted by Gasteiger charge is 2.26. The van der Waals surface area contributed by atoms with Crippen molar-refractivity contribution in [1.29, 1.82) is 0 Å². The maximum atomic E-state index is 2.60. The van der Waals surface area contributed by atoms with Gasteiger partial charge < -0.3 is 4.90 Å². The fraction of sp³-hybridized carbons (Fsp3) is 0.478. The summed E-state index contributed by atoms with van der Waals surface area (Å²) in [6, 6.07) is 20.5. The predicted molar refractivity (Wildman–Crippen MR) is 109 cm³/mol. The van der Waals surface area contributed by atoms with Crippen molar-refractivity contribution in [3.63, 3.8) is 0 Å². The summed E-state index contributed by atoms with van der Waals surface area (Å²) >= 11 is 0. The SMILES string of the molecule is CN(Cc1ccccc1CN1CCCC1)C1CCN(c2ccccc2)C1. The number of likely N-dealkylation sites (N-methyl/N-ethyl adjacent to an activating group) is 1. The smallest absolute Gasteiger partial charge is 0.0366 e. The molecule has 1 unspecified atom stereocenters. The van der Waals surface area contributed by atoms with Crippen LogP contribution in [0, 0.1) is 0 Å². The number of hydrogen-bond donors (Lipinski definition) is 0. The van der Waals surface area contributed by atoms with Crippen LogP contribution in [0.1, 0.15) is 30.4 Å². The van der Waals surface area contributed by atoms with Gasteiger partial charge in [-0.3, -0.25) is 9.80 Å². The van der Waals surface area contributed by atoms with Gasteiger partial charge in [-0.25, -0.2) is 0 Å². The number of rotatable bonds is 6. The number of hydrogen-bond acceptors (Lipinski definition) is 3. The molecule has 0 bridgehead atoms. The molecule has 3 heteroatoms. The van der Waals surface area contributed by atoms with Crippen molar-refractivity contribution in [2.24, 2.45) is 0 Å². The number of nitrogens with zero attached hydrogens (tertiary/aromatic N) is 3. The molecule has 2 saturated heterocycles. The van der Waals surface area contributed by atoms with Crippen molar-refractivity contribution in [2.75, 3.05) is 38.1 Å². The monoisotopic (exact) mass is 349 g/mol. The van der Waals surface area contributed by atoms with E-state index in [4.69, 9.17) is 0 Å². The van der Waals surface area contributed by atoms with Crippen LogP contribution in [0.4, 0.5) is 5.69 Å². The summed E-state index contributed by atoms with van der Waals surface area (Å²) in [6.45, 7) is 6.99. The van der Waals surface area contributed by atoms with Gasteiger partial charge >= 0.3 is 0 Å². The number of likely N-dealkylation sites (tertiary alicyclic amines) is 1. The molecule has 1 atom stereocenters. The zero-order chi connectivity index (χ0) is 17.8. The summed E-state index contributed by atoms with van der Waals surface area (Å²) in [5.74, 6) is 0. The highest BCUT2D eigenvalue weighted by atomic mass is 15.2. The molecule has 0 amide bonds. The molecule has 26 heavy (non-hydrogen) atoms. The minimum absolute atomic E-state index is 0.634. The van der Waals surface area contributed by atoms with E-state index in [1.807, 2.05) is 0 Å². The van der Waals surface area contributed by atoms with Gasteiger partial charge in [-0.15, -0.1) is 0 Å². The molecule has 0 N–H and O–H groups in total. The Kier molecular flexibility index (Phi) is 5.57. The van der Waals surface area contributed by atoms with Crippen LogP contribution >= 0.6 is 0 Å². The summed E-state index contributed by atoms with van der Waals surface area (Å²) in [5, 5.41) is 0. The fourth-order valence-electron chi connectivity index (χ4n) is 4.42. The maximum absolute atomic E-state index is 2.60. The molecular formula is C23H31N3. The van der Waals surface area contributed by atoms with Gasteiger partial charge in [-0.1, -0.05) is 42.5 Å². The van der Waals surface area contributed by atoms with E-state index in [2.05, 4.69) is 76.3 Å². The van der Waals surface area contributed by atoms with Crippen LogP contribution in [0.5, 0.6) is 0 Å². The van der Waals surface area contributed by atoms with Crippen molar-refractivity contribution >= 4 is 5.69 Å². The van der Waals surface area contributed by atoms with E-state index in [1.165, 1.54) is 49.2 Å². The molecule has 2 aliphatic heterocycles. The molecule has 2 aromatic rings. The lowest BCUT2D eigenvalue weighted by atomic mass is 10.1. The van der Waals surface area contributed by atoms with Gasteiger partial charge in [0, 0.05) is 37.9 Å². The third kappa shape index (κ3) is 4.11. The minimum Gasteiger partial charge on any atom is -0.370 e. The van der Waals surface area contributed by atoms with Crippen molar-refractivity contribution in [2.45, 2.75) is 38.4 Å². The largest absolute Gasteiger partial charge is 0.370 e. The van der Waals surface area contributed by atoms with E-state index >= 15 is 0 Å². The topological polar surface area (TPSA) is 9.72 Å². The Labute approximate surface area is 158 Å². The van der Waals surface area contributed by atoms with Gasteiger partial charge in [0.05, 0.1) is 0 Å². The normalized spacial score (nSPS) is 21.0. The minimum atomic E-state index is 0.634. The first kappa shape index (κ1) is 17.6. The average Bonchev–Trinajstić information content (AvgIpc) is 3.36. The highest BCUT2D eigenvalue weighted by Crippen LogP contribution is 2.24. The molecule has 0 aliphatic carbocycles. The van der Waals surface area contributed by atoms with Crippen molar-refractivity contribution in [1.82, 2.24) is 9.80 Å². The number of anilines is 1. The Morgan fingerprint density at radius 2 is 1.58 bits per heavy atom. The van der Waals surface area contributed by atoms with Crippen molar-refractivity contribution < 1.29 is 0 Å². The van der Waals surface area contributed by atoms with Crippen LogP contribution in [-0.4, -0.2) is 49.1 Å². The first-order valence-electron chi connectivity index (χ1n) is 10.1. The Morgan fingerprint density at radius 3 is 2.35 bits per heavy atom. The van der Waals surface area contributed by atoms with Crippen LogP contribution in [0.2, 0.25) is 0 Å². The summed E-state index contributed by atoms with van der Waals surface area (Å²) < 4.78 is 0. The predicted octanol–water partition coefficient (Wildman–Crippen LogP) is 3.99. The lowest BCUT2D eigenvalue weighted by Gasteiger charge is -2.27. The molecule has 138 valence electrons. The maximum Gasteiger partial charge on any atom is 0.0366 e. The molecule has 2 fully saturated rings. The van der Waals surface area contributed by atoms with E-state index in [0.29, 0.717) is 6.04 Å². The van der Waals surface area contributed by atoms with Gasteiger partial charge in [0.1, 0.15) is 0 Å². The van der Waals surface area contributed by atoms with Gasteiger partial charge in [0.2, 0.25) is 0 Å². The molecule has 2 aromatic carbocycles. The molecular weight excluding hydrogens is 318 g/mol. The first-order valence-corrected chi connectivity index (χ1v) is 10.1. The van der Waals surface area contributed by atoms with Crippen LogP contribution in [0.15, 0.2) is 54.6 Å². The lowest BCUT2D eigenvalue weighted by molar-refractivity contribution is 0.248. The second-order valence-electron chi connectivity index (χ2n) is 7.89. The van der Waals surface area contributed by atoms with E-state index in [-0.39, 0.29) is 0 Å². The molecule has 0 aromatic heterocycles. The standard InChI is InChI=1S/C23H31N3/c1-24(23-13-16-26(19-23)22-11-3-2-4-12-22)17-20-9-5-6-10-21(20)18-25-14-7-8-15-25/h2-6,9-12,23H,7-8,13-19H2,1H3. The molecule has 0 radical (unpaired) electrons. The zero-order valence-corrected chi connectivity index (χ0v) is 16.0. The molecule has 2 heterocycles. The second-order valence-corrected chi connectivity index (χ2v) is 7.89. The van der Waals surface area contributed by atoms with E-state index in [0.717, 1.165) is 26.2 Å². The van der Waals surface area contributed by atoms with Crippen LogP contribution < -0.4 is 4.90 Å². The molecule has 4 rings (SSSR count). The van der Waals surface area contributed by atoms with Crippen molar-refractivity contribution in [3.05, 3.63) is 65.7 Å². The van der Waals surface area contributed by atoms with Crippen LogP contribution in [0.3, 0.4) is 0 Å². The summed E-state index contributed by atoms with van der Waals surface area (Å²) in [4.78, 5) is 7.69. The first-order chi connectivity index (χ1) is 12.8. The molecule has 0 spiro atoms. The third-order valence-corrected chi connectivity index (χ3v) is 6.04. The Morgan fingerprint density at radius 1 is 0.885 bits per heavy atom. The second kappa shape index (κ2) is 8.24. The number of benzene rings is 2. The van der Waals surface area contributed by atoms with Gasteiger partial charge in [0.15, 0.2) is 0 Å². The van der Waals surface area contributed by atoms with Crippen LogP contribution in [0.25, 0.3) is 0 Å². The highest BCUT2D eigenvalue weighted by molar-refractivity contribution is 5.47. The summed E-state index contributed by atoms with van der Waals surface area (Å²) in [6.07, 6.45) is 3.97. The Hall–Kier alpha value is -1.84. The van der Waals surface area contributed by atoms with Crippen molar-refractivity contribution in [3.8, 4) is 0 Å². The molecule has 0 saturated carbocycles. The average molecular weight is 350 g/mol. The van der Waals surface area contributed by atoms with Gasteiger partial charge in [-0.05, 0) is 62.7 Å². The molecule has 3 nitrogen and oxygen atoms in total. The van der Waals surface area contributed by atoms with Gasteiger partial charge in [0.25, 0.3) is 0 Å². The Bertz CT molecular complexity index is 694. The van der Waals surface area contributed by atoms with E-state index < -0.39 is 0 Å². The fourth-order valence-corrected chi connectivity index (χ4v) is 4.42. The number of para-hydroxylation sites is 1.